The lowest BCUT2D eigenvalue weighted by molar-refractivity contribution is -0.140. The Balaban J connectivity index is 2.36. The number of carbonyl (C=O) groups is 2. The van der Waals surface area contributed by atoms with Crippen LogP contribution in [0.2, 0.25) is 0 Å². The maximum Gasteiger partial charge on any atom is 0.390 e. The number of fused-ring (bicyclic) bond motifs is 1. The summed E-state index contributed by atoms with van der Waals surface area (Å²) in [6.07, 6.45) is -5.24. The summed E-state index contributed by atoms with van der Waals surface area (Å²) >= 11 is 0. The highest BCUT2D eigenvalue weighted by molar-refractivity contribution is 6.09. The topological polar surface area (TPSA) is 49.4 Å². The van der Waals surface area contributed by atoms with Gasteiger partial charge < -0.3 is 5.32 Å². The molecule has 0 aliphatic carbocycles. The number of imide groups is 1. The third kappa shape index (κ3) is 3.24. The van der Waals surface area contributed by atoms with Crippen molar-refractivity contribution < 1.29 is 22.8 Å². The highest BCUT2D eigenvalue weighted by atomic mass is 19.4. The van der Waals surface area contributed by atoms with Gasteiger partial charge in [-0.1, -0.05) is 12.1 Å². The number of alkyl halides is 3. The fraction of sp³-hybridized carbons (Fsp3) is 0.429. The number of nitrogens with zero attached hydrogens (tertiary/aromatic N) is 1. The van der Waals surface area contributed by atoms with Crippen LogP contribution in [0.15, 0.2) is 18.2 Å². The molecule has 1 aliphatic rings. The van der Waals surface area contributed by atoms with Crippen LogP contribution in [0.1, 0.15) is 33.9 Å². The lowest BCUT2D eigenvalue weighted by Gasteiger charge is -2.25. The zero-order chi connectivity index (χ0) is 15.8. The molecule has 1 aromatic carbocycles. The van der Waals surface area contributed by atoms with Gasteiger partial charge >= 0.3 is 6.18 Å². The van der Waals surface area contributed by atoms with Gasteiger partial charge in [-0.3, -0.25) is 14.5 Å². The summed E-state index contributed by atoms with van der Waals surface area (Å²) in [5.41, 5.74) is 1.22. The van der Waals surface area contributed by atoms with Crippen molar-refractivity contribution in [2.45, 2.75) is 25.1 Å². The molecule has 21 heavy (non-hydrogen) atoms. The minimum absolute atomic E-state index is 0.0847. The van der Waals surface area contributed by atoms with Crippen LogP contribution >= 0.6 is 0 Å². The molecule has 1 unspecified atom stereocenters. The number of rotatable bonds is 3. The molecule has 0 radical (unpaired) electrons. The van der Waals surface area contributed by atoms with Crippen molar-refractivity contribution in [1.82, 2.24) is 10.2 Å². The summed E-state index contributed by atoms with van der Waals surface area (Å²) in [7, 11) is 2.80. The second kappa shape index (κ2) is 5.48. The summed E-state index contributed by atoms with van der Waals surface area (Å²) in [5.74, 6) is -0.800. The fourth-order valence-electron chi connectivity index (χ4n) is 2.36. The van der Waals surface area contributed by atoms with E-state index in [1.54, 1.807) is 6.07 Å². The van der Waals surface area contributed by atoms with Gasteiger partial charge in [-0.2, -0.15) is 13.2 Å². The van der Waals surface area contributed by atoms with Crippen molar-refractivity contribution in [2.75, 3.05) is 14.1 Å². The molecule has 0 aromatic heterocycles. The predicted octanol–water partition coefficient (Wildman–Crippen LogP) is 2.05. The molecule has 0 spiro atoms. The molecule has 1 heterocycles. The molecular weight excluding hydrogens is 285 g/mol. The first-order valence-electron chi connectivity index (χ1n) is 6.40. The molecule has 7 heteroatoms. The number of amides is 2. The van der Waals surface area contributed by atoms with Gasteiger partial charge in [0, 0.05) is 18.7 Å². The van der Waals surface area contributed by atoms with Crippen LogP contribution in [0.25, 0.3) is 0 Å². The molecule has 1 N–H and O–H groups in total. The smallest absolute Gasteiger partial charge is 0.313 e. The Morgan fingerprint density at radius 2 is 2.00 bits per heavy atom. The van der Waals surface area contributed by atoms with E-state index < -0.39 is 24.5 Å². The Morgan fingerprint density at radius 3 is 2.57 bits per heavy atom. The molecule has 2 amide bonds. The minimum atomic E-state index is -4.31. The van der Waals surface area contributed by atoms with E-state index in [9.17, 15) is 22.8 Å². The Bertz CT molecular complexity index is 584. The number of hydrogen-bond donors (Lipinski definition) is 1. The van der Waals surface area contributed by atoms with Gasteiger partial charge in [-0.25, -0.2) is 0 Å². The van der Waals surface area contributed by atoms with Gasteiger partial charge in [-0.15, -0.1) is 0 Å². The minimum Gasteiger partial charge on any atom is -0.313 e. The molecule has 4 nitrogen and oxygen atoms in total. The van der Waals surface area contributed by atoms with Gasteiger partial charge in [0.05, 0.1) is 12.8 Å². The summed E-state index contributed by atoms with van der Waals surface area (Å²) in [4.78, 5) is 24.6. The van der Waals surface area contributed by atoms with Crippen molar-refractivity contribution in [3.63, 3.8) is 0 Å². The first-order valence-corrected chi connectivity index (χ1v) is 6.40. The van der Waals surface area contributed by atoms with Crippen molar-refractivity contribution in [3.05, 3.63) is 34.9 Å². The molecule has 1 aliphatic heterocycles. The van der Waals surface area contributed by atoms with Gasteiger partial charge in [0.2, 0.25) is 5.91 Å². The van der Waals surface area contributed by atoms with Crippen molar-refractivity contribution in [2.24, 2.45) is 0 Å². The van der Waals surface area contributed by atoms with Crippen LogP contribution in [0, 0.1) is 0 Å². The van der Waals surface area contributed by atoms with Crippen LogP contribution in [0.4, 0.5) is 13.2 Å². The average Bonchev–Trinajstić information content (AvgIpc) is 2.41. The van der Waals surface area contributed by atoms with Crippen LogP contribution in [-0.4, -0.2) is 37.0 Å². The normalized spacial score (nSPS) is 16.9. The van der Waals surface area contributed by atoms with Crippen LogP contribution < -0.4 is 5.32 Å². The highest BCUT2D eigenvalue weighted by Crippen LogP contribution is 2.31. The van der Waals surface area contributed by atoms with E-state index in [1.165, 1.54) is 26.2 Å². The summed E-state index contributed by atoms with van der Waals surface area (Å²) in [5, 5.41) is 2.60. The molecule has 114 valence electrons. The zero-order valence-corrected chi connectivity index (χ0v) is 11.6. The predicted molar refractivity (Wildman–Crippen MR) is 69.7 cm³/mol. The van der Waals surface area contributed by atoms with E-state index in [-0.39, 0.29) is 17.9 Å². The quantitative estimate of drug-likeness (QED) is 0.869. The van der Waals surface area contributed by atoms with E-state index in [1.807, 2.05) is 0 Å². The average molecular weight is 300 g/mol. The lowest BCUT2D eigenvalue weighted by atomic mass is 9.93. The van der Waals surface area contributed by atoms with Crippen molar-refractivity contribution in [3.8, 4) is 0 Å². The van der Waals surface area contributed by atoms with E-state index in [0.29, 0.717) is 11.1 Å². The molecule has 1 atom stereocenters. The number of hydrogen-bond acceptors (Lipinski definition) is 3. The second-order valence-electron chi connectivity index (χ2n) is 5.01. The maximum atomic E-state index is 12.5. The van der Waals surface area contributed by atoms with Crippen LogP contribution in [-0.2, 0) is 11.2 Å². The molecule has 0 saturated carbocycles. The van der Waals surface area contributed by atoms with Gasteiger partial charge in [-0.05, 0) is 24.2 Å². The Morgan fingerprint density at radius 1 is 1.33 bits per heavy atom. The van der Waals surface area contributed by atoms with Crippen molar-refractivity contribution >= 4 is 11.8 Å². The van der Waals surface area contributed by atoms with Gasteiger partial charge in [0.1, 0.15) is 0 Å². The second-order valence-corrected chi connectivity index (χ2v) is 5.01. The first kappa shape index (κ1) is 15.5. The summed E-state index contributed by atoms with van der Waals surface area (Å²) in [6.45, 7) is 0. The number of carbonyl (C=O) groups excluding carboxylic acids is 2. The van der Waals surface area contributed by atoms with E-state index in [2.05, 4.69) is 5.32 Å². The highest BCUT2D eigenvalue weighted by Gasteiger charge is 2.33. The summed E-state index contributed by atoms with van der Waals surface area (Å²) < 4.78 is 37.6. The number of likely N-dealkylation sites (N-methyl/N-ethyl adjacent to an activating group) is 1. The maximum absolute atomic E-state index is 12.5. The zero-order valence-electron chi connectivity index (χ0n) is 11.6. The third-order valence-corrected chi connectivity index (χ3v) is 3.57. The Hall–Kier alpha value is -1.89. The largest absolute Gasteiger partial charge is 0.390 e. The third-order valence-electron chi connectivity index (χ3n) is 3.57. The molecular formula is C14H15F3N2O2. The lowest BCUT2D eigenvalue weighted by Crippen LogP contribution is -2.39. The van der Waals surface area contributed by atoms with E-state index in [4.69, 9.17) is 0 Å². The number of benzene rings is 1. The van der Waals surface area contributed by atoms with Crippen LogP contribution in [0.3, 0.4) is 0 Å². The Kier molecular flexibility index (Phi) is 4.04. The van der Waals surface area contributed by atoms with E-state index in [0.717, 1.165) is 4.90 Å². The molecule has 0 bridgehead atoms. The van der Waals surface area contributed by atoms with E-state index >= 15 is 0 Å². The van der Waals surface area contributed by atoms with Gasteiger partial charge in [0.15, 0.2) is 0 Å². The Labute approximate surface area is 119 Å². The number of nitrogens with one attached hydrogen (secondary N) is 1. The van der Waals surface area contributed by atoms with Crippen LogP contribution in [0.5, 0.6) is 0 Å². The molecule has 2 rings (SSSR count). The number of halogens is 3. The molecule has 0 saturated heterocycles. The monoisotopic (exact) mass is 300 g/mol. The standard InChI is InChI=1S/C14H15F3N2O2/c1-18-11(7-14(15,16)17)9-4-3-8-6-12(20)19(2)13(21)10(8)5-9/h3-5,11,18H,6-7H2,1-2H3. The van der Waals surface area contributed by atoms with Crippen molar-refractivity contribution in [1.29, 1.82) is 0 Å². The first-order chi connectivity index (χ1) is 9.73. The summed E-state index contributed by atoms with van der Waals surface area (Å²) in [6, 6.07) is 3.59. The molecule has 0 fully saturated rings. The fourth-order valence-corrected chi connectivity index (χ4v) is 2.36. The SMILES string of the molecule is CNC(CC(F)(F)F)c1ccc2c(c1)C(=O)N(C)C(=O)C2. The molecule has 1 aromatic rings. The van der Waals surface area contributed by atoms with Gasteiger partial charge in [0.25, 0.3) is 5.91 Å².